The Balaban J connectivity index is 2.01. The van der Waals surface area contributed by atoms with Crippen molar-refractivity contribution in [3.63, 3.8) is 0 Å². The van der Waals surface area contributed by atoms with Gasteiger partial charge >= 0.3 is 6.18 Å². The third-order valence-electron chi connectivity index (χ3n) is 4.58. The number of hydrogen-bond donors (Lipinski definition) is 2. The standard InChI is InChI=1S/C16H14ClF3N4O/c17-10-5-9(16(18,19)20)6-11-14(10)15-22-13(25)7-12(24(15)23-11)8-1-3-21-4-2-8/h5-8,21H,1-4H2,(H,22,25). The molecule has 9 heteroatoms. The van der Waals surface area contributed by atoms with Gasteiger partial charge in [-0.1, -0.05) is 11.6 Å². The van der Waals surface area contributed by atoms with Gasteiger partial charge in [-0.25, -0.2) is 4.52 Å². The maximum absolute atomic E-state index is 13.0. The van der Waals surface area contributed by atoms with Gasteiger partial charge in [0.15, 0.2) is 0 Å². The summed E-state index contributed by atoms with van der Waals surface area (Å²) in [5.41, 5.74) is -0.0503. The van der Waals surface area contributed by atoms with Crippen molar-refractivity contribution in [3.8, 4) is 0 Å². The van der Waals surface area contributed by atoms with E-state index in [-0.39, 0.29) is 22.0 Å². The van der Waals surface area contributed by atoms with Gasteiger partial charge in [-0.2, -0.15) is 18.3 Å². The normalized spacial score (nSPS) is 16.8. The molecule has 1 aromatic carbocycles. The van der Waals surface area contributed by atoms with Gasteiger partial charge < -0.3 is 10.3 Å². The quantitative estimate of drug-likeness (QED) is 0.690. The molecule has 0 atom stereocenters. The predicted octanol–water partition coefficient (Wildman–Crippen LogP) is 3.32. The second-order valence-corrected chi connectivity index (χ2v) is 6.60. The van der Waals surface area contributed by atoms with E-state index in [9.17, 15) is 18.0 Å². The molecule has 2 N–H and O–H groups in total. The molecule has 25 heavy (non-hydrogen) atoms. The van der Waals surface area contributed by atoms with Crippen molar-refractivity contribution < 1.29 is 13.2 Å². The van der Waals surface area contributed by atoms with Crippen molar-refractivity contribution in [3.05, 3.63) is 44.8 Å². The number of alkyl halides is 3. The van der Waals surface area contributed by atoms with Crippen molar-refractivity contribution in [2.45, 2.75) is 24.9 Å². The van der Waals surface area contributed by atoms with Gasteiger partial charge in [0.25, 0.3) is 5.56 Å². The maximum atomic E-state index is 13.0. The summed E-state index contributed by atoms with van der Waals surface area (Å²) in [5, 5.41) is 7.79. The minimum Gasteiger partial charge on any atom is -0.317 e. The molecule has 3 heterocycles. The molecule has 1 fully saturated rings. The number of benzene rings is 1. The second-order valence-electron chi connectivity index (χ2n) is 6.19. The number of aromatic amines is 1. The van der Waals surface area contributed by atoms with Crippen LogP contribution < -0.4 is 10.9 Å². The first kappa shape index (κ1) is 16.4. The highest BCUT2D eigenvalue weighted by molar-refractivity contribution is 6.36. The number of aromatic nitrogens is 3. The molecule has 0 amide bonds. The van der Waals surface area contributed by atoms with Crippen molar-refractivity contribution in [1.82, 2.24) is 19.9 Å². The smallest absolute Gasteiger partial charge is 0.317 e. The summed E-state index contributed by atoms with van der Waals surface area (Å²) in [7, 11) is 0. The van der Waals surface area contributed by atoms with Crippen molar-refractivity contribution in [2.75, 3.05) is 13.1 Å². The average molecular weight is 371 g/mol. The van der Waals surface area contributed by atoms with E-state index in [1.165, 1.54) is 10.6 Å². The predicted molar refractivity (Wildman–Crippen MR) is 88.2 cm³/mol. The zero-order valence-electron chi connectivity index (χ0n) is 13.0. The number of fused-ring (bicyclic) bond motifs is 3. The lowest BCUT2D eigenvalue weighted by atomic mass is 9.94. The Labute approximate surface area is 144 Å². The van der Waals surface area contributed by atoms with E-state index >= 15 is 0 Å². The van der Waals surface area contributed by atoms with Crippen molar-refractivity contribution in [1.29, 1.82) is 0 Å². The number of nitrogens with one attached hydrogen (secondary N) is 2. The summed E-state index contributed by atoms with van der Waals surface area (Å²) in [6, 6.07) is 3.28. The van der Waals surface area contributed by atoms with E-state index < -0.39 is 11.7 Å². The van der Waals surface area contributed by atoms with Crippen LogP contribution in [0.4, 0.5) is 13.2 Å². The van der Waals surface area contributed by atoms with Crippen LogP contribution in [0.3, 0.4) is 0 Å². The molecule has 5 nitrogen and oxygen atoms in total. The number of halogens is 4. The second kappa shape index (κ2) is 5.74. The van der Waals surface area contributed by atoms with Gasteiger partial charge in [0.2, 0.25) is 0 Å². The summed E-state index contributed by atoms with van der Waals surface area (Å²) in [5.74, 6) is 0.112. The minimum absolute atomic E-state index is 0.0852. The van der Waals surface area contributed by atoms with Gasteiger partial charge in [0, 0.05) is 12.0 Å². The van der Waals surface area contributed by atoms with E-state index in [0.717, 1.165) is 38.1 Å². The van der Waals surface area contributed by atoms with Crippen LogP contribution in [0.5, 0.6) is 0 Å². The third-order valence-corrected chi connectivity index (χ3v) is 4.87. The highest BCUT2D eigenvalue weighted by atomic mass is 35.5. The lowest BCUT2D eigenvalue weighted by molar-refractivity contribution is -0.137. The monoisotopic (exact) mass is 370 g/mol. The molecule has 0 saturated carbocycles. The molecule has 2 aromatic heterocycles. The van der Waals surface area contributed by atoms with Crippen molar-refractivity contribution >= 4 is 28.2 Å². The number of hydrogen-bond acceptors (Lipinski definition) is 3. The van der Waals surface area contributed by atoms with Gasteiger partial charge in [-0.05, 0) is 38.1 Å². The molecule has 1 aliphatic heterocycles. The van der Waals surface area contributed by atoms with Gasteiger partial charge in [0.1, 0.15) is 5.65 Å². The Kier molecular flexibility index (Phi) is 3.77. The van der Waals surface area contributed by atoms with Crippen LogP contribution in [0.1, 0.15) is 30.0 Å². The summed E-state index contributed by atoms with van der Waals surface area (Å²) in [6.07, 6.45) is -2.86. The molecule has 4 rings (SSSR count). The first-order chi connectivity index (χ1) is 11.8. The molecule has 3 aromatic rings. The van der Waals surface area contributed by atoms with Gasteiger partial charge in [-0.15, -0.1) is 0 Å². The number of H-pyrrole nitrogens is 1. The summed E-state index contributed by atoms with van der Waals surface area (Å²) < 4.78 is 40.6. The molecular weight excluding hydrogens is 357 g/mol. The Morgan fingerprint density at radius 2 is 1.92 bits per heavy atom. The summed E-state index contributed by atoms with van der Waals surface area (Å²) in [4.78, 5) is 14.7. The molecule has 1 aliphatic rings. The summed E-state index contributed by atoms with van der Waals surface area (Å²) in [6.45, 7) is 1.64. The van der Waals surface area contributed by atoms with Crippen LogP contribution in [0, 0.1) is 0 Å². The molecular formula is C16H14ClF3N4O. The number of nitrogens with zero attached hydrogens (tertiary/aromatic N) is 2. The number of rotatable bonds is 1. The van der Waals surface area contributed by atoms with Crippen LogP contribution in [0.15, 0.2) is 23.0 Å². The molecule has 0 unspecified atom stereocenters. The van der Waals surface area contributed by atoms with Crippen LogP contribution in [-0.4, -0.2) is 27.7 Å². The fraction of sp³-hybridized carbons (Fsp3) is 0.375. The van der Waals surface area contributed by atoms with Crippen LogP contribution in [0.25, 0.3) is 16.6 Å². The van der Waals surface area contributed by atoms with Crippen LogP contribution >= 0.6 is 11.6 Å². The highest BCUT2D eigenvalue weighted by Gasteiger charge is 2.32. The average Bonchev–Trinajstić information content (AvgIpc) is 2.93. The SMILES string of the molecule is O=c1cc(C2CCNCC2)n2nc3cc(C(F)(F)F)cc(Cl)c3c2[nH]1. The zero-order chi connectivity index (χ0) is 17.8. The van der Waals surface area contributed by atoms with Crippen LogP contribution in [0.2, 0.25) is 5.02 Å². The molecule has 0 bridgehead atoms. The molecule has 1 saturated heterocycles. The van der Waals surface area contributed by atoms with Gasteiger partial charge in [0.05, 0.1) is 27.2 Å². The largest absolute Gasteiger partial charge is 0.416 e. The maximum Gasteiger partial charge on any atom is 0.416 e. The van der Waals surface area contributed by atoms with Gasteiger partial charge in [-0.3, -0.25) is 4.79 Å². The van der Waals surface area contributed by atoms with E-state index in [4.69, 9.17) is 11.6 Å². The fourth-order valence-corrected chi connectivity index (χ4v) is 3.70. The Bertz CT molecular complexity index is 1020. The Morgan fingerprint density at radius 1 is 1.20 bits per heavy atom. The molecule has 0 aliphatic carbocycles. The number of piperidine rings is 1. The highest BCUT2D eigenvalue weighted by Crippen LogP contribution is 2.36. The first-order valence-electron chi connectivity index (χ1n) is 7.88. The van der Waals surface area contributed by atoms with E-state index in [1.54, 1.807) is 0 Å². The third kappa shape index (κ3) is 2.79. The van der Waals surface area contributed by atoms with E-state index in [1.807, 2.05) is 0 Å². The van der Waals surface area contributed by atoms with Crippen LogP contribution in [-0.2, 0) is 6.18 Å². The molecule has 0 spiro atoms. The fourth-order valence-electron chi connectivity index (χ4n) is 3.39. The molecule has 132 valence electrons. The lowest BCUT2D eigenvalue weighted by Crippen LogP contribution is -2.28. The topological polar surface area (TPSA) is 62.2 Å². The molecule has 0 radical (unpaired) electrons. The lowest BCUT2D eigenvalue weighted by Gasteiger charge is -2.23. The minimum atomic E-state index is -4.51. The Hall–Kier alpha value is -2.06. The zero-order valence-corrected chi connectivity index (χ0v) is 13.7. The van der Waals surface area contributed by atoms with E-state index in [0.29, 0.717) is 16.7 Å². The first-order valence-corrected chi connectivity index (χ1v) is 8.25. The van der Waals surface area contributed by atoms with E-state index in [2.05, 4.69) is 15.4 Å². The Morgan fingerprint density at radius 3 is 2.60 bits per heavy atom. The summed E-state index contributed by atoms with van der Waals surface area (Å²) >= 11 is 6.09. The van der Waals surface area contributed by atoms with Crippen molar-refractivity contribution in [2.24, 2.45) is 0 Å².